The van der Waals surface area contributed by atoms with Gasteiger partial charge in [-0.3, -0.25) is 4.99 Å². The van der Waals surface area contributed by atoms with E-state index in [2.05, 4.69) is 15.6 Å². The van der Waals surface area contributed by atoms with Crippen molar-refractivity contribution in [3.05, 3.63) is 64.4 Å². The van der Waals surface area contributed by atoms with Crippen LogP contribution in [0, 0.1) is 5.82 Å². The highest BCUT2D eigenvalue weighted by Gasteiger charge is 2.03. The van der Waals surface area contributed by atoms with Crippen LogP contribution in [0.15, 0.2) is 47.5 Å². The van der Waals surface area contributed by atoms with Gasteiger partial charge < -0.3 is 15.4 Å². The van der Waals surface area contributed by atoms with E-state index in [0.717, 1.165) is 24.3 Å². The molecular weight excluding hydrogens is 329 g/mol. The van der Waals surface area contributed by atoms with E-state index in [0.29, 0.717) is 12.5 Å². The fourth-order valence-electron chi connectivity index (χ4n) is 2.17. The fraction of sp³-hybridized carbons (Fsp3) is 0.278. The number of methoxy groups -OCH3 is 1. The molecule has 0 saturated heterocycles. The highest BCUT2D eigenvalue weighted by Crippen LogP contribution is 2.15. The van der Waals surface area contributed by atoms with Gasteiger partial charge in [0, 0.05) is 20.1 Å². The van der Waals surface area contributed by atoms with Gasteiger partial charge in [0.1, 0.15) is 11.6 Å². The average Bonchev–Trinajstić information content (AvgIpc) is 2.61. The molecule has 128 valence electrons. The monoisotopic (exact) mass is 349 g/mol. The van der Waals surface area contributed by atoms with Crippen LogP contribution in [0.25, 0.3) is 0 Å². The third-order valence-corrected chi connectivity index (χ3v) is 3.82. The molecule has 24 heavy (non-hydrogen) atoms. The van der Waals surface area contributed by atoms with E-state index in [1.54, 1.807) is 26.3 Å². The molecule has 0 aromatic heterocycles. The van der Waals surface area contributed by atoms with E-state index in [1.165, 1.54) is 11.6 Å². The second-order valence-corrected chi connectivity index (χ2v) is 5.61. The van der Waals surface area contributed by atoms with Crippen LogP contribution in [0.2, 0.25) is 5.02 Å². The largest absolute Gasteiger partial charge is 0.497 e. The van der Waals surface area contributed by atoms with Gasteiger partial charge >= 0.3 is 0 Å². The van der Waals surface area contributed by atoms with E-state index in [9.17, 15) is 4.39 Å². The van der Waals surface area contributed by atoms with Crippen molar-refractivity contribution in [1.29, 1.82) is 0 Å². The molecule has 0 radical (unpaired) electrons. The van der Waals surface area contributed by atoms with Crippen molar-refractivity contribution < 1.29 is 9.13 Å². The van der Waals surface area contributed by atoms with Crippen molar-refractivity contribution in [1.82, 2.24) is 10.6 Å². The maximum atomic E-state index is 13.1. The lowest BCUT2D eigenvalue weighted by atomic mass is 10.1. The van der Waals surface area contributed by atoms with Gasteiger partial charge in [-0.15, -0.1) is 0 Å². The van der Waals surface area contributed by atoms with Gasteiger partial charge in [-0.25, -0.2) is 4.39 Å². The Bertz CT molecular complexity index is 689. The van der Waals surface area contributed by atoms with Gasteiger partial charge in [0.15, 0.2) is 5.96 Å². The summed E-state index contributed by atoms with van der Waals surface area (Å²) in [6.45, 7) is 1.26. The van der Waals surface area contributed by atoms with Crippen LogP contribution in [-0.2, 0) is 13.0 Å². The number of hydrogen-bond donors (Lipinski definition) is 2. The zero-order chi connectivity index (χ0) is 17.4. The molecule has 0 bridgehead atoms. The van der Waals surface area contributed by atoms with Crippen molar-refractivity contribution in [2.75, 3.05) is 20.7 Å². The van der Waals surface area contributed by atoms with Crippen LogP contribution in [0.5, 0.6) is 5.75 Å². The summed E-state index contributed by atoms with van der Waals surface area (Å²) in [4.78, 5) is 4.17. The molecule has 6 heteroatoms. The van der Waals surface area contributed by atoms with Crippen LogP contribution in [0.3, 0.4) is 0 Å². The molecule has 2 rings (SSSR count). The summed E-state index contributed by atoms with van der Waals surface area (Å²) in [5.74, 6) is 1.12. The van der Waals surface area contributed by atoms with Crippen molar-refractivity contribution in [2.24, 2.45) is 4.99 Å². The molecule has 2 N–H and O–H groups in total. The van der Waals surface area contributed by atoms with E-state index in [-0.39, 0.29) is 5.02 Å². The Labute approximate surface area is 146 Å². The molecule has 0 aliphatic rings. The third-order valence-electron chi connectivity index (χ3n) is 3.53. The Kier molecular flexibility index (Phi) is 6.88. The van der Waals surface area contributed by atoms with Crippen LogP contribution in [-0.4, -0.2) is 26.7 Å². The number of rotatable bonds is 6. The number of halogens is 2. The minimum absolute atomic E-state index is 0.122. The maximum absolute atomic E-state index is 13.1. The number of nitrogens with one attached hydrogen (secondary N) is 2. The summed E-state index contributed by atoms with van der Waals surface area (Å²) < 4.78 is 18.3. The first-order valence-electron chi connectivity index (χ1n) is 7.63. The Balaban J connectivity index is 1.78. The smallest absolute Gasteiger partial charge is 0.191 e. The SMILES string of the molecule is CN=C(NCCc1ccc(OC)cc1)NCc1ccc(F)c(Cl)c1. The second kappa shape index (κ2) is 9.13. The first-order chi connectivity index (χ1) is 11.6. The zero-order valence-corrected chi connectivity index (χ0v) is 14.5. The summed E-state index contributed by atoms with van der Waals surface area (Å²) in [5.41, 5.74) is 2.10. The van der Waals surface area contributed by atoms with Crippen LogP contribution in [0.4, 0.5) is 4.39 Å². The standard InChI is InChI=1S/C18H21ClFN3O/c1-21-18(23-12-14-5-8-17(20)16(19)11-14)22-10-9-13-3-6-15(24-2)7-4-13/h3-8,11H,9-10,12H2,1-2H3,(H2,21,22,23). The molecule has 0 amide bonds. The van der Waals surface area contributed by atoms with E-state index in [4.69, 9.17) is 16.3 Å². The molecule has 0 saturated carbocycles. The number of ether oxygens (including phenoxy) is 1. The lowest BCUT2D eigenvalue weighted by molar-refractivity contribution is 0.414. The second-order valence-electron chi connectivity index (χ2n) is 5.20. The van der Waals surface area contributed by atoms with Gasteiger partial charge in [-0.2, -0.15) is 0 Å². The fourth-order valence-corrected chi connectivity index (χ4v) is 2.38. The molecular formula is C18H21ClFN3O. The molecule has 0 atom stereocenters. The van der Waals surface area contributed by atoms with Crippen LogP contribution in [0.1, 0.15) is 11.1 Å². The molecule has 0 spiro atoms. The third kappa shape index (κ3) is 5.42. The number of guanidine groups is 1. The number of aliphatic imine (C=N–C) groups is 1. The summed E-state index contributed by atoms with van der Waals surface area (Å²) in [6.07, 6.45) is 0.868. The predicted molar refractivity (Wildman–Crippen MR) is 96.3 cm³/mol. The van der Waals surface area contributed by atoms with Crippen molar-refractivity contribution >= 4 is 17.6 Å². The highest BCUT2D eigenvalue weighted by molar-refractivity contribution is 6.30. The molecule has 2 aromatic rings. The van der Waals surface area contributed by atoms with Crippen LogP contribution < -0.4 is 15.4 Å². The van der Waals surface area contributed by atoms with Gasteiger partial charge in [0.25, 0.3) is 0 Å². The Morgan fingerprint density at radius 1 is 1.12 bits per heavy atom. The molecule has 0 fully saturated rings. The molecule has 0 aliphatic carbocycles. The van der Waals surface area contributed by atoms with Gasteiger partial charge in [-0.05, 0) is 41.8 Å². The molecule has 0 aliphatic heterocycles. The number of benzene rings is 2. The zero-order valence-electron chi connectivity index (χ0n) is 13.8. The van der Waals surface area contributed by atoms with E-state index >= 15 is 0 Å². The summed E-state index contributed by atoms with van der Waals surface area (Å²) in [5, 5.41) is 6.54. The molecule has 2 aromatic carbocycles. The Hall–Kier alpha value is -2.27. The predicted octanol–water partition coefficient (Wildman–Crippen LogP) is 3.40. The molecule has 0 heterocycles. The highest BCUT2D eigenvalue weighted by atomic mass is 35.5. The van der Waals surface area contributed by atoms with Crippen molar-refractivity contribution in [2.45, 2.75) is 13.0 Å². The van der Waals surface area contributed by atoms with Gasteiger partial charge in [0.05, 0.1) is 12.1 Å². The Morgan fingerprint density at radius 2 is 1.83 bits per heavy atom. The first kappa shape index (κ1) is 18.1. The number of nitrogens with zero attached hydrogens (tertiary/aromatic N) is 1. The number of hydrogen-bond acceptors (Lipinski definition) is 2. The summed E-state index contributed by atoms with van der Waals surface area (Å²) in [6, 6.07) is 12.6. The summed E-state index contributed by atoms with van der Waals surface area (Å²) >= 11 is 5.78. The summed E-state index contributed by atoms with van der Waals surface area (Å²) in [7, 11) is 3.36. The first-order valence-corrected chi connectivity index (χ1v) is 8.01. The minimum Gasteiger partial charge on any atom is -0.497 e. The normalized spacial score (nSPS) is 11.2. The minimum atomic E-state index is -0.414. The topological polar surface area (TPSA) is 45.7 Å². The average molecular weight is 350 g/mol. The lowest BCUT2D eigenvalue weighted by Crippen LogP contribution is -2.37. The molecule has 4 nitrogen and oxygen atoms in total. The van der Waals surface area contributed by atoms with E-state index < -0.39 is 5.82 Å². The van der Waals surface area contributed by atoms with Crippen LogP contribution >= 0.6 is 11.6 Å². The van der Waals surface area contributed by atoms with E-state index in [1.807, 2.05) is 24.3 Å². The quantitative estimate of drug-likeness (QED) is 0.620. The Morgan fingerprint density at radius 3 is 2.46 bits per heavy atom. The lowest BCUT2D eigenvalue weighted by Gasteiger charge is -2.12. The van der Waals surface area contributed by atoms with Crippen molar-refractivity contribution in [3.8, 4) is 5.75 Å². The van der Waals surface area contributed by atoms with Gasteiger partial charge in [-0.1, -0.05) is 29.8 Å². The van der Waals surface area contributed by atoms with Crippen molar-refractivity contribution in [3.63, 3.8) is 0 Å². The maximum Gasteiger partial charge on any atom is 0.191 e. The molecule has 0 unspecified atom stereocenters. The van der Waals surface area contributed by atoms with Gasteiger partial charge in [0.2, 0.25) is 0 Å².